The highest BCUT2D eigenvalue weighted by Gasteiger charge is 2.37. The van der Waals surface area contributed by atoms with Crippen LogP contribution in [0, 0.1) is 6.92 Å². The predicted molar refractivity (Wildman–Crippen MR) is 37.4 cm³/mol. The first kappa shape index (κ1) is 8.89. The average Bonchev–Trinajstić information content (AvgIpc) is 2.05. The van der Waals surface area contributed by atoms with Crippen LogP contribution in [0.5, 0.6) is 0 Å². The van der Waals surface area contributed by atoms with E-state index in [1.165, 1.54) is 14.0 Å². The van der Waals surface area contributed by atoms with Crippen molar-refractivity contribution in [3.8, 4) is 0 Å². The molecule has 1 aromatic heterocycles. The second-order valence-corrected chi connectivity index (χ2v) is 2.48. The molecule has 0 fully saturated rings. The number of aryl methyl sites for hydroxylation is 1. The topological polar surface area (TPSA) is 43.8 Å². The monoisotopic (exact) mass is 179 g/mol. The Balaban J connectivity index is 3.32. The van der Waals surface area contributed by atoms with E-state index in [0.717, 1.165) is 4.68 Å². The van der Waals surface area contributed by atoms with Crippen molar-refractivity contribution in [2.75, 3.05) is 5.73 Å². The van der Waals surface area contributed by atoms with Crippen molar-refractivity contribution in [2.45, 2.75) is 13.1 Å². The Morgan fingerprint density at radius 3 is 2.08 bits per heavy atom. The van der Waals surface area contributed by atoms with E-state index in [1.807, 2.05) is 0 Å². The van der Waals surface area contributed by atoms with Crippen LogP contribution >= 0.6 is 0 Å². The van der Waals surface area contributed by atoms with Gasteiger partial charge in [-0.25, -0.2) is 0 Å². The summed E-state index contributed by atoms with van der Waals surface area (Å²) < 4.78 is 37.4. The Kier molecular flexibility index (Phi) is 1.78. The van der Waals surface area contributed by atoms with Crippen molar-refractivity contribution in [3.63, 3.8) is 0 Å². The van der Waals surface area contributed by atoms with Crippen LogP contribution in [0.2, 0.25) is 0 Å². The van der Waals surface area contributed by atoms with Crippen LogP contribution in [0.4, 0.5) is 19.0 Å². The minimum Gasteiger partial charge on any atom is -0.382 e. The quantitative estimate of drug-likeness (QED) is 0.652. The third kappa shape index (κ3) is 1.24. The molecule has 0 saturated heterocycles. The highest BCUT2D eigenvalue weighted by Crippen LogP contribution is 2.33. The van der Waals surface area contributed by atoms with Gasteiger partial charge in [-0.2, -0.15) is 18.3 Å². The Morgan fingerprint density at radius 2 is 1.92 bits per heavy atom. The maximum Gasteiger partial charge on any atom is 0.433 e. The zero-order valence-corrected chi connectivity index (χ0v) is 6.61. The first-order valence-electron chi connectivity index (χ1n) is 3.20. The Morgan fingerprint density at radius 1 is 1.42 bits per heavy atom. The van der Waals surface area contributed by atoms with Crippen LogP contribution < -0.4 is 5.73 Å². The number of nitrogen functional groups attached to an aromatic ring is 1. The van der Waals surface area contributed by atoms with Crippen molar-refractivity contribution in [3.05, 3.63) is 11.3 Å². The van der Waals surface area contributed by atoms with Crippen molar-refractivity contribution in [2.24, 2.45) is 7.05 Å². The molecule has 0 aliphatic rings. The van der Waals surface area contributed by atoms with Crippen LogP contribution in [0.1, 0.15) is 11.3 Å². The average molecular weight is 179 g/mol. The van der Waals surface area contributed by atoms with E-state index in [0.29, 0.717) is 0 Å². The number of aromatic nitrogens is 2. The minimum absolute atomic E-state index is 0.0231. The number of halogens is 3. The van der Waals surface area contributed by atoms with E-state index in [2.05, 4.69) is 5.10 Å². The molecule has 1 rings (SSSR count). The second-order valence-electron chi connectivity index (χ2n) is 2.48. The zero-order chi connectivity index (χ0) is 9.52. The molecule has 12 heavy (non-hydrogen) atoms. The van der Waals surface area contributed by atoms with Gasteiger partial charge in [0.2, 0.25) is 0 Å². The molecule has 0 spiro atoms. The van der Waals surface area contributed by atoms with E-state index in [9.17, 15) is 13.2 Å². The molecule has 3 nitrogen and oxygen atoms in total. The van der Waals surface area contributed by atoms with Gasteiger partial charge in [0.05, 0.1) is 0 Å². The number of rotatable bonds is 0. The second kappa shape index (κ2) is 2.40. The molecule has 68 valence electrons. The molecule has 0 aliphatic carbocycles. The van der Waals surface area contributed by atoms with Crippen LogP contribution in [0.15, 0.2) is 0 Å². The van der Waals surface area contributed by atoms with Crippen LogP contribution in [0.3, 0.4) is 0 Å². The lowest BCUT2D eigenvalue weighted by molar-refractivity contribution is -0.144. The predicted octanol–water partition coefficient (Wildman–Crippen LogP) is 1.33. The Bertz CT molecular complexity index is 300. The molecule has 0 radical (unpaired) electrons. The molecular formula is C6H8F3N3. The fourth-order valence-electron chi connectivity index (χ4n) is 1.05. The zero-order valence-electron chi connectivity index (χ0n) is 6.61. The lowest BCUT2D eigenvalue weighted by Crippen LogP contribution is -2.13. The smallest absolute Gasteiger partial charge is 0.382 e. The summed E-state index contributed by atoms with van der Waals surface area (Å²) >= 11 is 0. The molecule has 6 heteroatoms. The SMILES string of the molecule is Cc1c(N)nn(C)c1C(F)(F)F. The number of nitrogens with two attached hydrogens (primary N) is 1. The molecular weight excluding hydrogens is 171 g/mol. The number of hydrogen-bond donors (Lipinski definition) is 1. The number of nitrogens with zero attached hydrogens (tertiary/aromatic N) is 2. The summed E-state index contributed by atoms with van der Waals surface area (Å²) in [6, 6.07) is 0. The van der Waals surface area contributed by atoms with E-state index < -0.39 is 11.9 Å². The largest absolute Gasteiger partial charge is 0.433 e. The summed E-state index contributed by atoms with van der Waals surface area (Å²) in [5.74, 6) is -0.0789. The fourth-order valence-corrected chi connectivity index (χ4v) is 1.05. The van der Waals surface area contributed by atoms with Gasteiger partial charge in [0.15, 0.2) is 0 Å². The summed E-state index contributed by atoms with van der Waals surface area (Å²) in [5, 5.41) is 3.45. The van der Waals surface area contributed by atoms with Gasteiger partial charge in [-0.15, -0.1) is 0 Å². The van der Waals surface area contributed by atoms with Gasteiger partial charge < -0.3 is 5.73 Å². The maximum absolute atomic E-state index is 12.2. The lowest BCUT2D eigenvalue weighted by atomic mass is 10.2. The van der Waals surface area contributed by atoms with Gasteiger partial charge in [0.25, 0.3) is 0 Å². The standard InChI is InChI=1S/C6H8F3N3/c1-3-4(6(7,8)9)12(2)11-5(3)10/h1-2H3,(H2,10,11). The Labute approximate surface area is 67.0 Å². The normalized spacial score (nSPS) is 12.1. The summed E-state index contributed by atoms with van der Waals surface area (Å²) in [4.78, 5) is 0. The maximum atomic E-state index is 12.2. The number of anilines is 1. The third-order valence-corrected chi connectivity index (χ3v) is 1.59. The first-order chi connectivity index (χ1) is 5.34. The molecule has 0 amide bonds. The van der Waals surface area contributed by atoms with Crippen LogP contribution in [0.25, 0.3) is 0 Å². The van der Waals surface area contributed by atoms with Gasteiger partial charge in [-0.05, 0) is 6.92 Å². The van der Waals surface area contributed by atoms with Gasteiger partial charge in [-0.1, -0.05) is 0 Å². The summed E-state index contributed by atoms with van der Waals surface area (Å²) in [6.07, 6.45) is -4.39. The van der Waals surface area contributed by atoms with E-state index >= 15 is 0 Å². The van der Waals surface area contributed by atoms with Crippen molar-refractivity contribution >= 4 is 5.82 Å². The number of alkyl halides is 3. The van der Waals surface area contributed by atoms with Crippen LogP contribution in [-0.2, 0) is 13.2 Å². The van der Waals surface area contributed by atoms with Gasteiger partial charge in [0.1, 0.15) is 11.5 Å². The van der Waals surface area contributed by atoms with E-state index in [4.69, 9.17) is 5.73 Å². The molecule has 0 aliphatic heterocycles. The third-order valence-electron chi connectivity index (χ3n) is 1.59. The van der Waals surface area contributed by atoms with Crippen LogP contribution in [-0.4, -0.2) is 9.78 Å². The minimum atomic E-state index is -4.39. The molecule has 0 aromatic carbocycles. The molecule has 2 N–H and O–H groups in total. The molecule has 1 aromatic rings. The summed E-state index contributed by atoms with van der Waals surface area (Å²) in [5.41, 5.74) is 4.39. The molecule has 0 unspecified atom stereocenters. The molecule has 1 heterocycles. The first-order valence-corrected chi connectivity index (χ1v) is 3.20. The highest BCUT2D eigenvalue weighted by atomic mass is 19.4. The van der Waals surface area contributed by atoms with E-state index in [1.54, 1.807) is 0 Å². The van der Waals surface area contributed by atoms with Crippen molar-refractivity contribution in [1.29, 1.82) is 0 Å². The van der Waals surface area contributed by atoms with Gasteiger partial charge in [0, 0.05) is 12.6 Å². The van der Waals surface area contributed by atoms with Crippen molar-refractivity contribution in [1.82, 2.24) is 9.78 Å². The van der Waals surface area contributed by atoms with Crippen molar-refractivity contribution < 1.29 is 13.2 Å². The lowest BCUT2D eigenvalue weighted by Gasteiger charge is -2.06. The number of hydrogen-bond acceptors (Lipinski definition) is 2. The molecule has 0 bridgehead atoms. The van der Waals surface area contributed by atoms with E-state index in [-0.39, 0.29) is 11.4 Å². The summed E-state index contributed by atoms with van der Waals surface area (Å²) in [6.45, 7) is 1.30. The van der Waals surface area contributed by atoms with Gasteiger partial charge in [-0.3, -0.25) is 4.68 Å². The van der Waals surface area contributed by atoms with Gasteiger partial charge >= 0.3 is 6.18 Å². The highest BCUT2D eigenvalue weighted by molar-refractivity contribution is 5.42. The molecule has 0 atom stereocenters. The molecule has 0 saturated carbocycles. The fraction of sp³-hybridized carbons (Fsp3) is 0.500. The Hall–Kier alpha value is -1.20. The summed E-state index contributed by atoms with van der Waals surface area (Å²) in [7, 11) is 1.21.